The van der Waals surface area contributed by atoms with Gasteiger partial charge in [-0.3, -0.25) is 0 Å². The van der Waals surface area contributed by atoms with Crippen molar-refractivity contribution >= 4 is 54.4 Å². The lowest BCUT2D eigenvalue weighted by molar-refractivity contribution is 0.412. The van der Waals surface area contributed by atoms with Crippen LogP contribution in [0, 0.1) is 0 Å². The Morgan fingerprint density at radius 2 is 2.12 bits per heavy atom. The summed E-state index contributed by atoms with van der Waals surface area (Å²) in [5, 5.41) is 2.25. The molecule has 2 rings (SSSR count). The molecule has 0 radical (unpaired) electrons. The Morgan fingerprint density at radius 3 is 2.75 bits per heavy atom. The number of halogens is 3. The van der Waals surface area contributed by atoms with Gasteiger partial charge in [0.2, 0.25) is 0 Å². The quantitative estimate of drug-likeness (QED) is 0.575. The number of methoxy groups -OCH3 is 1. The van der Waals surface area contributed by atoms with Gasteiger partial charge in [-0.1, -0.05) is 27.5 Å². The predicted octanol–water partition coefficient (Wildman–Crippen LogP) is 4.55. The van der Waals surface area contributed by atoms with Crippen molar-refractivity contribution in [3.63, 3.8) is 0 Å². The van der Waals surface area contributed by atoms with Crippen LogP contribution in [0.2, 0.25) is 5.15 Å². The summed E-state index contributed by atoms with van der Waals surface area (Å²) in [6.45, 7) is 0. The van der Waals surface area contributed by atoms with Crippen molar-refractivity contribution in [1.29, 1.82) is 0 Å². The molecular formula is C11H8Br2ClNO. The minimum atomic E-state index is 0.522. The molecule has 0 atom stereocenters. The first-order valence-corrected chi connectivity index (χ1v) is 6.83. The van der Waals surface area contributed by atoms with E-state index in [-0.39, 0.29) is 0 Å². The molecule has 1 aromatic carbocycles. The number of ether oxygens (including phenoxy) is 1. The van der Waals surface area contributed by atoms with E-state index in [2.05, 4.69) is 36.8 Å². The van der Waals surface area contributed by atoms with Gasteiger partial charge in [-0.05, 0) is 28.1 Å². The molecule has 0 aliphatic carbocycles. The zero-order valence-corrected chi connectivity index (χ0v) is 12.4. The maximum Gasteiger partial charge on any atom is 0.135 e. The van der Waals surface area contributed by atoms with E-state index in [9.17, 15) is 0 Å². The van der Waals surface area contributed by atoms with Gasteiger partial charge < -0.3 is 4.74 Å². The Morgan fingerprint density at radius 1 is 1.38 bits per heavy atom. The third-order valence-electron chi connectivity index (χ3n) is 2.26. The van der Waals surface area contributed by atoms with Crippen molar-refractivity contribution in [1.82, 2.24) is 4.98 Å². The van der Waals surface area contributed by atoms with Gasteiger partial charge in [0.1, 0.15) is 10.9 Å². The van der Waals surface area contributed by atoms with E-state index in [0.717, 1.165) is 26.7 Å². The molecule has 0 spiro atoms. The highest BCUT2D eigenvalue weighted by atomic mass is 79.9. The van der Waals surface area contributed by atoms with E-state index >= 15 is 0 Å². The van der Waals surface area contributed by atoms with Crippen molar-refractivity contribution in [2.45, 2.75) is 5.33 Å². The lowest BCUT2D eigenvalue weighted by Gasteiger charge is -2.07. The van der Waals surface area contributed by atoms with Crippen molar-refractivity contribution in [3.8, 4) is 5.75 Å². The topological polar surface area (TPSA) is 22.1 Å². The van der Waals surface area contributed by atoms with Gasteiger partial charge in [0, 0.05) is 22.3 Å². The molecule has 0 aliphatic rings. The summed E-state index contributed by atoms with van der Waals surface area (Å²) in [4.78, 5) is 4.33. The third kappa shape index (κ3) is 2.19. The molecule has 1 heterocycles. The molecule has 0 fully saturated rings. The summed E-state index contributed by atoms with van der Waals surface area (Å²) in [6, 6.07) is 5.86. The van der Waals surface area contributed by atoms with Crippen LogP contribution in [0.25, 0.3) is 10.9 Å². The second-order valence-corrected chi connectivity index (χ2v) is 5.02. The molecule has 84 valence electrons. The maximum atomic E-state index is 6.05. The Labute approximate surface area is 115 Å². The highest BCUT2D eigenvalue weighted by Gasteiger charge is 2.07. The first kappa shape index (κ1) is 12.1. The number of nitrogens with zero attached hydrogens (tertiary/aromatic N) is 1. The average molecular weight is 365 g/mol. The predicted molar refractivity (Wildman–Crippen MR) is 73.6 cm³/mol. The Bertz CT molecular complexity index is 496. The average Bonchev–Trinajstić information content (AvgIpc) is 2.28. The van der Waals surface area contributed by atoms with Crippen LogP contribution in [0.1, 0.15) is 5.56 Å². The zero-order chi connectivity index (χ0) is 11.7. The van der Waals surface area contributed by atoms with Crippen LogP contribution < -0.4 is 4.74 Å². The molecule has 0 saturated heterocycles. The highest BCUT2D eigenvalue weighted by Crippen LogP contribution is 2.31. The van der Waals surface area contributed by atoms with Crippen molar-refractivity contribution < 1.29 is 4.74 Å². The number of pyridine rings is 1. The minimum Gasteiger partial charge on any atom is -0.495 e. The summed E-state index contributed by atoms with van der Waals surface area (Å²) >= 11 is 12.9. The Balaban J connectivity index is 2.71. The first-order valence-electron chi connectivity index (χ1n) is 4.54. The minimum absolute atomic E-state index is 0.522. The first-order chi connectivity index (χ1) is 7.65. The Hall–Kier alpha value is -0.320. The second-order valence-electron chi connectivity index (χ2n) is 3.25. The number of alkyl halides is 1. The summed E-state index contributed by atoms with van der Waals surface area (Å²) in [5.41, 5.74) is 1.81. The summed E-state index contributed by atoms with van der Waals surface area (Å²) < 4.78 is 6.12. The van der Waals surface area contributed by atoms with Crippen molar-refractivity contribution in [2.24, 2.45) is 0 Å². The fourth-order valence-electron chi connectivity index (χ4n) is 1.45. The number of fused-ring (bicyclic) bond motifs is 1. The van der Waals surface area contributed by atoms with Gasteiger partial charge in [0.15, 0.2) is 0 Å². The Kier molecular flexibility index (Phi) is 3.72. The van der Waals surface area contributed by atoms with E-state index in [1.165, 1.54) is 0 Å². The molecule has 1 aromatic heterocycles. The molecule has 0 N–H and O–H groups in total. The SMILES string of the molecule is COc1cc2nc(Cl)c(CBr)cc2cc1Br. The van der Waals surface area contributed by atoms with Crippen LogP contribution in [0.3, 0.4) is 0 Å². The smallest absolute Gasteiger partial charge is 0.135 e. The highest BCUT2D eigenvalue weighted by molar-refractivity contribution is 9.10. The lowest BCUT2D eigenvalue weighted by Crippen LogP contribution is -1.90. The van der Waals surface area contributed by atoms with Crippen LogP contribution in [-0.4, -0.2) is 12.1 Å². The van der Waals surface area contributed by atoms with Crippen molar-refractivity contribution in [2.75, 3.05) is 7.11 Å². The molecule has 5 heteroatoms. The molecule has 0 unspecified atom stereocenters. The van der Waals surface area contributed by atoms with Crippen LogP contribution in [0.4, 0.5) is 0 Å². The molecule has 16 heavy (non-hydrogen) atoms. The van der Waals surface area contributed by atoms with Gasteiger partial charge in [-0.2, -0.15) is 0 Å². The van der Waals surface area contributed by atoms with Crippen molar-refractivity contribution in [3.05, 3.63) is 33.4 Å². The fourth-order valence-corrected chi connectivity index (χ4v) is 2.77. The molecule has 2 aromatic rings. The van der Waals surface area contributed by atoms with Gasteiger partial charge in [-0.25, -0.2) is 4.98 Å². The number of hydrogen-bond donors (Lipinski definition) is 0. The van der Waals surface area contributed by atoms with E-state index < -0.39 is 0 Å². The monoisotopic (exact) mass is 363 g/mol. The number of aromatic nitrogens is 1. The van der Waals surface area contributed by atoms with E-state index in [0.29, 0.717) is 10.5 Å². The van der Waals surface area contributed by atoms with Gasteiger partial charge >= 0.3 is 0 Å². The summed E-state index contributed by atoms with van der Waals surface area (Å²) in [7, 11) is 1.63. The van der Waals surface area contributed by atoms with Crippen LogP contribution in [0.15, 0.2) is 22.7 Å². The molecule has 0 amide bonds. The molecule has 2 nitrogen and oxygen atoms in total. The van der Waals surface area contributed by atoms with Gasteiger partial charge in [0.05, 0.1) is 17.1 Å². The maximum absolute atomic E-state index is 6.05. The largest absolute Gasteiger partial charge is 0.495 e. The number of benzene rings is 1. The summed E-state index contributed by atoms with van der Waals surface area (Å²) in [5.74, 6) is 0.752. The molecule has 0 aliphatic heterocycles. The number of hydrogen-bond acceptors (Lipinski definition) is 2. The van der Waals surface area contributed by atoms with Gasteiger partial charge in [-0.15, -0.1) is 0 Å². The van der Waals surface area contributed by atoms with Gasteiger partial charge in [0.25, 0.3) is 0 Å². The molecular weight excluding hydrogens is 357 g/mol. The fraction of sp³-hybridized carbons (Fsp3) is 0.182. The van der Waals surface area contributed by atoms with E-state index in [1.54, 1.807) is 7.11 Å². The lowest BCUT2D eigenvalue weighted by atomic mass is 10.2. The summed E-state index contributed by atoms with van der Waals surface area (Å²) in [6.07, 6.45) is 0. The second kappa shape index (κ2) is 4.90. The van der Waals surface area contributed by atoms with Crippen LogP contribution in [-0.2, 0) is 5.33 Å². The van der Waals surface area contributed by atoms with E-state index in [1.807, 2.05) is 18.2 Å². The van der Waals surface area contributed by atoms with Crippen LogP contribution >= 0.6 is 43.5 Å². The standard InChI is InChI=1S/C11H8Br2ClNO/c1-16-10-4-9-6(3-8(10)13)2-7(5-12)11(14)15-9/h2-4H,5H2,1H3. The zero-order valence-electron chi connectivity index (χ0n) is 8.43. The molecule has 0 bridgehead atoms. The number of rotatable bonds is 2. The van der Waals surface area contributed by atoms with Crippen LogP contribution in [0.5, 0.6) is 5.75 Å². The molecule has 0 saturated carbocycles. The van der Waals surface area contributed by atoms with E-state index in [4.69, 9.17) is 16.3 Å². The normalized spacial score (nSPS) is 10.8. The third-order valence-corrected chi connectivity index (χ3v) is 3.81.